The number of nitrogens with zero attached hydrogens (tertiary/aromatic N) is 4. The Morgan fingerprint density at radius 3 is 2.95 bits per heavy atom. The Morgan fingerprint density at radius 1 is 1.50 bits per heavy atom. The molecule has 1 saturated heterocycles. The summed E-state index contributed by atoms with van der Waals surface area (Å²) in [5, 5.41) is 5.70. The van der Waals surface area contributed by atoms with Gasteiger partial charge in [0.1, 0.15) is 12.1 Å². The largest absolute Gasteiger partial charge is 0.383 e. The third-order valence-electron chi connectivity index (χ3n) is 4.36. The Bertz CT molecular complexity index is 638. The van der Waals surface area contributed by atoms with E-state index >= 15 is 0 Å². The second-order valence-corrected chi connectivity index (χ2v) is 5.84. The number of hydrogen-bond acceptors (Lipinski definition) is 5. The summed E-state index contributed by atoms with van der Waals surface area (Å²) in [5.74, 6) is 0.899. The third kappa shape index (κ3) is 1.78. The molecule has 3 heterocycles. The van der Waals surface area contributed by atoms with Gasteiger partial charge in [-0.1, -0.05) is 20.3 Å². The highest BCUT2D eigenvalue weighted by molar-refractivity contribution is 5.88. The average Bonchev–Trinajstić information content (AvgIpc) is 2.94. The first-order valence-electron chi connectivity index (χ1n) is 7.14. The monoisotopic (exact) mass is 275 g/mol. The van der Waals surface area contributed by atoms with Crippen LogP contribution in [0.25, 0.3) is 11.0 Å². The molecular formula is C14H21N5O. The first-order chi connectivity index (χ1) is 9.58. The lowest BCUT2D eigenvalue weighted by Gasteiger charge is -2.28. The summed E-state index contributed by atoms with van der Waals surface area (Å²) in [6.45, 7) is 7.89. The quantitative estimate of drug-likeness (QED) is 0.923. The summed E-state index contributed by atoms with van der Waals surface area (Å²) in [4.78, 5) is 8.54. The van der Waals surface area contributed by atoms with Gasteiger partial charge >= 0.3 is 0 Å². The van der Waals surface area contributed by atoms with E-state index in [1.807, 2.05) is 4.68 Å². The zero-order chi connectivity index (χ0) is 14.3. The first kappa shape index (κ1) is 13.3. The van der Waals surface area contributed by atoms with Gasteiger partial charge in [-0.05, 0) is 13.3 Å². The van der Waals surface area contributed by atoms with E-state index in [1.54, 1.807) is 0 Å². The van der Waals surface area contributed by atoms with Crippen LogP contribution in [0.4, 0.5) is 5.82 Å². The Labute approximate surface area is 118 Å². The predicted octanol–water partition coefficient (Wildman–Crippen LogP) is 1.74. The number of aromatic nitrogens is 4. The number of nitrogens with two attached hydrogens (primary N) is 1. The van der Waals surface area contributed by atoms with Gasteiger partial charge in [0, 0.05) is 5.92 Å². The van der Waals surface area contributed by atoms with Crippen LogP contribution in [0.1, 0.15) is 32.9 Å². The highest BCUT2D eigenvalue weighted by atomic mass is 16.5. The third-order valence-corrected chi connectivity index (χ3v) is 4.36. The van der Waals surface area contributed by atoms with Crippen LogP contribution < -0.4 is 5.73 Å². The van der Waals surface area contributed by atoms with Crippen molar-refractivity contribution in [1.29, 1.82) is 0 Å². The average molecular weight is 275 g/mol. The van der Waals surface area contributed by atoms with E-state index in [2.05, 4.69) is 30.7 Å². The maximum Gasteiger partial charge on any atom is 0.164 e. The molecule has 0 spiro atoms. The molecule has 1 aliphatic rings. The van der Waals surface area contributed by atoms with Crippen molar-refractivity contribution in [3.8, 4) is 0 Å². The zero-order valence-corrected chi connectivity index (χ0v) is 12.3. The fourth-order valence-electron chi connectivity index (χ4n) is 2.85. The Kier molecular flexibility index (Phi) is 3.12. The summed E-state index contributed by atoms with van der Waals surface area (Å²) >= 11 is 0. The predicted molar refractivity (Wildman–Crippen MR) is 77.4 cm³/mol. The number of hydrogen-bond donors (Lipinski definition) is 1. The van der Waals surface area contributed by atoms with E-state index in [-0.39, 0.29) is 5.54 Å². The van der Waals surface area contributed by atoms with Crippen LogP contribution in [0.3, 0.4) is 0 Å². The molecule has 2 aromatic rings. The molecule has 2 unspecified atom stereocenters. The maximum atomic E-state index is 6.04. The minimum atomic E-state index is -0.176. The van der Waals surface area contributed by atoms with E-state index in [0.29, 0.717) is 18.3 Å². The van der Waals surface area contributed by atoms with E-state index in [9.17, 15) is 0 Å². The second kappa shape index (κ2) is 4.70. The summed E-state index contributed by atoms with van der Waals surface area (Å²) in [5.41, 5.74) is 7.67. The molecule has 20 heavy (non-hydrogen) atoms. The molecule has 1 aliphatic heterocycles. The number of nitrogen functional groups attached to an aromatic ring is 1. The number of aryl methyl sites for hydroxylation is 1. The summed E-state index contributed by atoms with van der Waals surface area (Å²) in [7, 11) is 0. The number of fused-ring (bicyclic) bond motifs is 1. The topological polar surface area (TPSA) is 78.8 Å². The van der Waals surface area contributed by atoms with E-state index in [1.165, 1.54) is 6.33 Å². The summed E-state index contributed by atoms with van der Waals surface area (Å²) in [6, 6.07) is 0. The lowest BCUT2D eigenvalue weighted by atomic mass is 9.91. The van der Waals surface area contributed by atoms with Crippen LogP contribution in [0.5, 0.6) is 0 Å². The molecule has 0 saturated carbocycles. The van der Waals surface area contributed by atoms with Crippen molar-refractivity contribution in [2.24, 2.45) is 5.92 Å². The van der Waals surface area contributed by atoms with E-state index in [0.717, 1.165) is 36.2 Å². The molecule has 108 valence electrons. The molecule has 0 bridgehead atoms. The van der Waals surface area contributed by atoms with Gasteiger partial charge in [-0.25, -0.2) is 14.6 Å². The number of anilines is 1. The van der Waals surface area contributed by atoms with E-state index in [4.69, 9.17) is 15.6 Å². The van der Waals surface area contributed by atoms with Gasteiger partial charge in [0.15, 0.2) is 5.65 Å². The van der Waals surface area contributed by atoms with Crippen molar-refractivity contribution < 1.29 is 4.74 Å². The minimum absolute atomic E-state index is 0.176. The molecule has 2 N–H and O–H groups in total. The lowest BCUT2D eigenvalue weighted by molar-refractivity contribution is 0.157. The molecule has 0 radical (unpaired) electrons. The van der Waals surface area contributed by atoms with Gasteiger partial charge in [-0.2, -0.15) is 5.10 Å². The van der Waals surface area contributed by atoms with Crippen LogP contribution >= 0.6 is 0 Å². The first-order valence-corrected chi connectivity index (χ1v) is 7.14. The Hall–Kier alpha value is -1.69. The SMILES string of the molecule is CCCc1nn(C2(C)COCC2C)c2ncnc(N)c12. The number of rotatable bonds is 3. The molecule has 1 fully saturated rings. The molecule has 0 aliphatic carbocycles. The molecule has 6 nitrogen and oxygen atoms in total. The summed E-state index contributed by atoms with van der Waals surface area (Å²) in [6.07, 6.45) is 3.41. The van der Waals surface area contributed by atoms with Gasteiger partial charge in [0.25, 0.3) is 0 Å². The van der Waals surface area contributed by atoms with Crippen LogP contribution in [0.2, 0.25) is 0 Å². The standard InChI is InChI=1S/C14H21N5O/c1-4-5-10-11-12(15)16-8-17-13(11)19(18-10)14(3)7-20-6-9(14)2/h8-9H,4-7H2,1-3H3,(H2,15,16,17). The second-order valence-electron chi connectivity index (χ2n) is 5.84. The molecule has 6 heteroatoms. The normalized spacial score (nSPS) is 26.4. The fourth-order valence-corrected chi connectivity index (χ4v) is 2.85. The molecule has 2 atom stereocenters. The Morgan fingerprint density at radius 2 is 2.30 bits per heavy atom. The highest BCUT2D eigenvalue weighted by Gasteiger charge is 2.41. The smallest absolute Gasteiger partial charge is 0.164 e. The molecular weight excluding hydrogens is 254 g/mol. The van der Waals surface area contributed by atoms with Gasteiger partial charge in [0.2, 0.25) is 0 Å². The van der Waals surface area contributed by atoms with Crippen molar-refractivity contribution in [1.82, 2.24) is 19.7 Å². The maximum absolute atomic E-state index is 6.04. The van der Waals surface area contributed by atoms with Crippen molar-refractivity contribution in [2.75, 3.05) is 18.9 Å². The van der Waals surface area contributed by atoms with E-state index < -0.39 is 0 Å². The van der Waals surface area contributed by atoms with Crippen LogP contribution in [-0.2, 0) is 16.7 Å². The van der Waals surface area contributed by atoms with Crippen LogP contribution in [0, 0.1) is 5.92 Å². The Balaban J connectivity index is 2.24. The minimum Gasteiger partial charge on any atom is -0.383 e. The van der Waals surface area contributed by atoms with Gasteiger partial charge in [-0.15, -0.1) is 0 Å². The van der Waals surface area contributed by atoms with Crippen LogP contribution in [0.15, 0.2) is 6.33 Å². The highest BCUT2D eigenvalue weighted by Crippen LogP contribution is 2.35. The van der Waals surface area contributed by atoms with Gasteiger partial charge in [0.05, 0.1) is 29.8 Å². The lowest BCUT2D eigenvalue weighted by Crippen LogP contribution is -2.37. The number of ether oxygens (including phenoxy) is 1. The molecule has 2 aromatic heterocycles. The van der Waals surface area contributed by atoms with Crippen molar-refractivity contribution in [3.63, 3.8) is 0 Å². The van der Waals surface area contributed by atoms with Crippen molar-refractivity contribution in [2.45, 2.75) is 39.2 Å². The van der Waals surface area contributed by atoms with Crippen molar-refractivity contribution in [3.05, 3.63) is 12.0 Å². The zero-order valence-electron chi connectivity index (χ0n) is 12.3. The van der Waals surface area contributed by atoms with Gasteiger partial charge in [-0.3, -0.25) is 0 Å². The van der Waals surface area contributed by atoms with Gasteiger partial charge < -0.3 is 10.5 Å². The fraction of sp³-hybridized carbons (Fsp3) is 0.643. The van der Waals surface area contributed by atoms with Crippen molar-refractivity contribution >= 4 is 16.9 Å². The van der Waals surface area contributed by atoms with Crippen LogP contribution in [-0.4, -0.2) is 33.0 Å². The molecule has 0 aromatic carbocycles. The summed E-state index contributed by atoms with van der Waals surface area (Å²) < 4.78 is 7.64. The molecule has 0 amide bonds. The molecule has 3 rings (SSSR count).